The Labute approximate surface area is 109 Å². The number of carbonyl (C=O) groups is 1. The van der Waals surface area contributed by atoms with Crippen LogP contribution in [-0.2, 0) is 17.6 Å². The molecule has 0 radical (unpaired) electrons. The largest absolute Gasteiger partial charge is 0.483 e. The van der Waals surface area contributed by atoms with Gasteiger partial charge in [0.25, 0.3) is 6.47 Å². The molecule has 1 aromatic carbocycles. The predicted molar refractivity (Wildman–Crippen MR) is 75.6 cm³/mol. The van der Waals surface area contributed by atoms with E-state index in [0.29, 0.717) is 0 Å². The third kappa shape index (κ3) is 8.53. The Morgan fingerprint density at radius 3 is 2.22 bits per heavy atom. The highest BCUT2D eigenvalue weighted by Crippen LogP contribution is 2.10. The highest BCUT2D eigenvalue weighted by atomic mass is 16.3. The summed E-state index contributed by atoms with van der Waals surface area (Å²) in [5.41, 5.74) is 9.70. The quantitative estimate of drug-likeness (QED) is 0.623. The molecule has 0 aliphatic carbocycles. The van der Waals surface area contributed by atoms with Gasteiger partial charge in [0, 0.05) is 6.04 Å². The summed E-state index contributed by atoms with van der Waals surface area (Å²) in [5.74, 6) is 0. The number of rotatable bonds is 5. The Bertz CT molecular complexity index is 355. The van der Waals surface area contributed by atoms with Gasteiger partial charge in [0.15, 0.2) is 0 Å². The first-order valence-corrected chi connectivity index (χ1v) is 6.05. The lowest BCUT2D eigenvalue weighted by molar-refractivity contribution is -0.122. The fourth-order valence-electron chi connectivity index (χ4n) is 1.57. The van der Waals surface area contributed by atoms with Crippen LogP contribution >= 0.6 is 0 Å². The maximum Gasteiger partial charge on any atom is 0.290 e. The van der Waals surface area contributed by atoms with Gasteiger partial charge in [-0.15, -0.1) is 6.58 Å². The van der Waals surface area contributed by atoms with E-state index in [9.17, 15) is 0 Å². The molecular weight excluding hydrogens is 226 g/mol. The second kappa shape index (κ2) is 9.42. The van der Waals surface area contributed by atoms with Gasteiger partial charge in [-0.05, 0) is 44.2 Å². The standard InChI is InChI=1S/C14H21N.CH2O2/c1-11(2)4-5-13-6-8-14(9-7-13)10-12(3)15;2-1-3/h6-9,12H,1,4-5,10,15H2,2-3H3;1H,(H,2,3). The van der Waals surface area contributed by atoms with Crippen molar-refractivity contribution in [2.45, 2.75) is 39.2 Å². The highest BCUT2D eigenvalue weighted by Gasteiger charge is 1.98. The molecule has 3 heteroatoms. The zero-order chi connectivity index (χ0) is 14.0. The molecule has 0 aliphatic heterocycles. The molecule has 3 N–H and O–H groups in total. The summed E-state index contributed by atoms with van der Waals surface area (Å²) < 4.78 is 0. The van der Waals surface area contributed by atoms with Crippen molar-refractivity contribution in [3.63, 3.8) is 0 Å². The van der Waals surface area contributed by atoms with Gasteiger partial charge in [-0.3, -0.25) is 4.79 Å². The second-order valence-corrected chi connectivity index (χ2v) is 4.56. The molecule has 100 valence electrons. The summed E-state index contributed by atoms with van der Waals surface area (Å²) in [6.07, 6.45) is 3.13. The summed E-state index contributed by atoms with van der Waals surface area (Å²) in [6, 6.07) is 8.99. The summed E-state index contributed by atoms with van der Waals surface area (Å²) in [5, 5.41) is 6.89. The number of carboxylic acid groups (broad SMARTS) is 1. The molecule has 0 spiro atoms. The van der Waals surface area contributed by atoms with Gasteiger partial charge in [-0.25, -0.2) is 0 Å². The van der Waals surface area contributed by atoms with Gasteiger partial charge in [0.05, 0.1) is 0 Å². The number of aryl methyl sites for hydroxylation is 1. The Kier molecular flexibility index (Phi) is 8.58. The van der Waals surface area contributed by atoms with Crippen molar-refractivity contribution in [2.75, 3.05) is 0 Å². The molecule has 0 saturated carbocycles. The van der Waals surface area contributed by atoms with E-state index in [2.05, 4.69) is 37.8 Å². The molecule has 0 aromatic heterocycles. The molecule has 0 bridgehead atoms. The average molecular weight is 249 g/mol. The molecule has 0 fully saturated rings. The van der Waals surface area contributed by atoms with E-state index in [1.54, 1.807) is 0 Å². The van der Waals surface area contributed by atoms with E-state index >= 15 is 0 Å². The van der Waals surface area contributed by atoms with Gasteiger partial charge in [-0.1, -0.05) is 29.8 Å². The lowest BCUT2D eigenvalue weighted by Gasteiger charge is -2.06. The molecule has 1 aromatic rings. The second-order valence-electron chi connectivity index (χ2n) is 4.56. The van der Waals surface area contributed by atoms with Crippen molar-refractivity contribution in [3.05, 3.63) is 47.5 Å². The van der Waals surface area contributed by atoms with Gasteiger partial charge < -0.3 is 10.8 Å². The SMILES string of the molecule is C=C(C)CCc1ccc(CC(C)N)cc1.O=CO. The first-order chi connectivity index (χ1) is 8.49. The zero-order valence-corrected chi connectivity index (χ0v) is 11.2. The number of hydrogen-bond acceptors (Lipinski definition) is 2. The molecule has 1 unspecified atom stereocenters. The molecule has 0 amide bonds. The third-order valence-electron chi connectivity index (χ3n) is 2.42. The zero-order valence-electron chi connectivity index (χ0n) is 11.2. The van der Waals surface area contributed by atoms with Crippen LogP contribution in [0.2, 0.25) is 0 Å². The van der Waals surface area contributed by atoms with E-state index < -0.39 is 0 Å². The molecule has 0 saturated heterocycles. The molecule has 18 heavy (non-hydrogen) atoms. The maximum atomic E-state index is 8.36. The van der Waals surface area contributed by atoms with E-state index in [-0.39, 0.29) is 12.5 Å². The predicted octanol–water partition coefficient (Wildman–Crippen LogP) is 2.79. The van der Waals surface area contributed by atoms with E-state index in [1.165, 1.54) is 16.7 Å². The van der Waals surface area contributed by atoms with Crippen LogP contribution in [0.4, 0.5) is 0 Å². The van der Waals surface area contributed by atoms with Crippen LogP contribution in [0.25, 0.3) is 0 Å². The summed E-state index contributed by atoms with van der Waals surface area (Å²) in [4.78, 5) is 8.36. The van der Waals surface area contributed by atoms with Crippen LogP contribution in [0, 0.1) is 0 Å². The Balaban J connectivity index is 0.000000873. The van der Waals surface area contributed by atoms with Crippen LogP contribution in [0.5, 0.6) is 0 Å². The Morgan fingerprint density at radius 1 is 1.39 bits per heavy atom. The van der Waals surface area contributed by atoms with Crippen LogP contribution in [-0.4, -0.2) is 17.6 Å². The highest BCUT2D eigenvalue weighted by molar-refractivity contribution is 5.32. The average Bonchev–Trinajstić information content (AvgIpc) is 2.28. The minimum atomic E-state index is -0.250. The number of hydrogen-bond donors (Lipinski definition) is 2. The Morgan fingerprint density at radius 2 is 1.83 bits per heavy atom. The first-order valence-electron chi connectivity index (χ1n) is 6.05. The molecule has 3 nitrogen and oxygen atoms in total. The lowest BCUT2D eigenvalue weighted by atomic mass is 10.0. The number of allylic oxidation sites excluding steroid dienone is 1. The van der Waals surface area contributed by atoms with Crippen molar-refractivity contribution in [1.82, 2.24) is 0 Å². The lowest BCUT2D eigenvalue weighted by Crippen LogP contribution is -2.17. The van der Waals surface area contributed by atoms with Gasteiger partial charge >= 0.3 is 0 Å². The summed E-state index contributed by atoms with van der Waals surface area (Å²) in [6.45, 7) is 7.77. The smallest absolute Gasteiger partial charge is 0.290 e. The van der Waals surface area contributed by atoms with Crippen LogP contribution in [0.3, 0.4) is 0 Å². The molecule has 0 aliphatic rings. The number of nitrogens with two attached hydrogens (primary N) is 1. The van der Waals surface area contributed by atoms with Crippen molar-refractivity contribution < 1.29 is 9.90 Å². The van der Waals surface area contributed by atoms with Gasteiger partial charge in [-0.2, -0.15) is 0 Å². The van der Waals surface area contributed by atoms with Crippen LogP contribution in [0.1, 0.15) is 31.4 Å². The minimum Gasteiger partial charge on any atom is -0.483 e. The van der Waals surface area contributed by atoms with Crippen LogP contribution < -0.4 is 5.73 Å². The van der Waals surface area contributed by atoms with Crippen molar-refractivity contribution >= 4 is 6.47 Å². The normalized spacial score (nSPS) is 11.1. The summed E-state index contributed by atoms with van der Waals surface area (Å²) in [7, 11) is 0. The minimum absolute atomic E-state index is 0.242. The van der Waals surface area contributed by atoms with E-state index in [1.807, 2.05) is 6.92 Å². The summed E-state index contributed by atoms with van der Waals surface area (Å²) >= 11 is 0. The molecule has 1 atom stereocenters. The molecule has 0 heterocycles. The Hall–Kier alpha value is -1.61. The van der Waals surface area contributed by atoms with Gasteiger partial charge in [0.1, 0.15) is 0 Å². The molecule has 1 rings (SSSR count). The maximum absolute atomic E-state index is 8.36. The topological polar surface area (TPSA) is 63.3 Å². The van der Waals surface area contributed by atoms with Crippen molar-refractivity contribution in [2.24, 2.45) is 5.73 Å². The van der Waals surface area contributed by atoms with Crippen LogP contribution in [0.15, 0.2) is 36.4 Å². The van der Waals surface area contributed by atoms with Crippen molar-refractivity contribution in [3.8, 4) is 0 Å². The first kappa shape index (κ1) is 16.4. The third-order valence-corrected chi connectivity index (χ3v) is 2.42. The molecular formula is C15H23NO2. The van der Waals surface area contributed by atoms with E-state index in [4.69, 9.17) is 15.6 Å². The van der Waals surface area contributed by atoms with E-state index in [0.717, 1.165) is 19.3 Å². The monoisotopic (exact) mass is 249 g/mol. The van der Waals surface area contributed by atoms with Crippen molar-refractivity contribution in [1.29, 1.82) is 0 Å². The fourth-order valence-corrected chi connectivity index (χ4v) is 1.57. The number of benzene rings is 1. The van der Waals surface area contributed by atoms with Gasteiger partial charge in [0.2, 0.25) is 0 Å². The fraction of sp³-hybridized carbons (Fsp3) is 0.400.